The molecule has 192 valence electrons. The van der Waals surface area contributed by atoms with Crippen LogP contribution in [0.1, 0.15) is 55.5 Å². The van der Waals surface area contributed by atoms with Gasteiger partial charge in [0.25, 0.3) is 0 Å². The number of hydrogen-bond donors (Lipinski definition) is 4. The molecule has 8 nitrogen and oxygen atoms in total. The highest BCUT2D eigenvalue weighted by Gasteiger charge is 2.27. The van der Waals surface area contributed by atoms with Crippen molar-refractivity contribution in [2.24, 2.45) is 11.8 Å². The van der Waals surface area contributed by atoms with Crippen LogP contribution in [0.15, 0.2) is 35.6 Å². The van der Waals surface area contributed by atoms with Gasteiger partial charge in [-0.1, -0.05) is 30.7 Å². The molecule has 0 saturated heterocycles. The van der Waals surface area contributed by atoms with Gasteiger partial charge in [-0.05, 0) is 62.5 Å². The van der Waals surface area contributed by atoms with E-state index in [9.17, 15) is 14.9 Å². The van der Waals surface area contributed by atoms with Crippen molar-refractivity contribution >= 4 is 34.6 Å². The van der Waals surface area contributed by atoms with Crippen molar-refractivity contribution < 1.29 is 14.3 Å². The Labute approximate surface area is 217 Å². The standard InChI is InChI=1S/C27H35N5O3S/c1-3-30-21(11-12-28)16-31-27(34)35-17-19-9-10-22-23(15-29)26(36-24(22)14-19)32-25(33)13-18(2)20-7-5-4-6-8-20/h4-5,7,11-12,18-19,28,30H,3,6,8-10,13-14,16-17H2,1-2H3,(H,31,34)(H,32,33)/b21-11-,28-12?. The molecular formula is C27H35N5O3S. The van der Waals surface area contributed by atoms with Gasteiger partial charge in [-0.15, -0.1) is 11.3 Å². The van der Waals surface area contributed by atoms with Gasteiger partial charge in [0.15, 0.2) is 0 Å². The zero-order valence-corrected chi connectivity index (χ0v) is 21.8. The summed E-state index contributed by atoms with van der Waals surface area (Å²) in [6, 6.07) is 2.29. The molecule has 0 aliphatic heterocycles. The minimum atomic E-state index is -0.496. The number of likely N-dealkylation sites (N-methyl/N-ethyl adjacent to an activating group) is 1. The number of rotatable bonds is 11. The lowest BCUT2D eigenvalue weighted by Crippen LogP contribution is -2.32. The number of thiophene rings is 1. The number of hydrogen-bond acceptors (Lipinski definition) is 7. The van der Waals surface area contributed by atoms with Gasteiger partial charge in [0, 0.05) is 29.8 Å². The summed E-state index contributed by atoms with van der Waals surface area (Å²) in [4.78, 5) is 25.9. The van der Waals surface area contributed by atoms with E-state index in [1.54, 1.807) is 6.08 Å². The van der Waals surface area contributed by atoms with Crippen molar-refractivity contribution in [1.82, 2.24) is 10.6 Å². The second-order valence-electron chi connectivity index (χ2n) is 9.13. The van der Waals surface area contributed by atoms with Crippen molar-refractivity contribution in [2.75, 3.05) is 25.0 Å². The molecule has 0 fully saturated rings. The number of ether oxygens (including phenoxy) is 1. The Bertz CT molecular complexity index is 1100. The molecule has 1 aromatic heterocycles. The van der Waals surface area contributed by atoms with Crippen LogP contribution in [0.2, 0.25) is 0 Å². The Morgan fingerprint density at radius 3 is 2.89 bits per heavy atom. The highest BCUT2D eigenvalue weighted by Crippen LogP contribution is 2.39. The summed E-state index contributed by atoms with van der Waals surface area (Å²) in [5.74, 6) is 0.254. The van der Waals surface area contributed by atoms with Gasteiger partial charge in [0.2, 0.25) is 5.91 Å². The second-order valence-corrected chi connectivity index (χ2v) is 10.2. The van der Waals surface area contributed by atoms with Gasteiger partial charge in [-0.25, -0.2) is 4.79 Å². The molecular weight excluding hydrogens is 474 g/mol. The number of allylic oxidation sites excluding steroid dienone is 5. The first-order valence-corrected chi connectivity index (χ1v) is 13.3. The molecule has 0 aromatic carbocycles. The molecule has 0 spiro atoms. The van der Waals surface area contributed by atoms with Gasteiger partial charge in [-0.2, -0.15) is 5.26 Å². The predicted octanol–water partition coefficient (Wildman–Crippen LogP) is 4.83. The van der Waals surface area contributed by atoms with E-state index in [1.807, 2.05) is 6.92 Å². The average molecular weight is 510 g/mol. The van der Waals surface area contributed by atoms with Crippen LogP contribution in [0.3, 0.4) is 0 Å². The number of nitrogens with one attached hydrogen (secondary N) is 4. The zero-order valence-electron chi connectivity index (χ0n) is 21.0. The number of nitrogens with zero attached hydrogens (tertiary/aromatic N) is 1. The molecule has 3 rings (SSSR count). The molecule has 36 heavy (non-hydrogen) atoms. The minimum Gasteiger partial charge on any atom is -0.449 e. The van der Waals surface area contributed by atoms with Crippen LogP contribution < -0.4 is 16.0 Å². The lowest BCUT2D eigenvalue weighted by atomic mass is 9.88. The third-order valence-electron chi connectivity index (χ3n) is 6.46. The molecule has 2 amide bonds. The van der Waals surface area contributed by atoms with E-state index in [0.717, 1.165) is 41.8 Å². The smallest absolute Gasteiger partial charge is 0.407 e. The largest absolute Gasteiger partial charge is 0.449 e. The fourth-order valence-electron chi connectivity index (χ4n) is 4.54. The number of carbonyl (C=O) groups excluding carboxylic acids is 2. The summed E-state index contributed by atoms with van der Waals surface area (Å²) in [5.41, 5.74) is 3.61. The second kappa shape index (κ2) is 13.6. The van der Waals surface area contributed by atoms with Gasteiger partial charge < -0.3 is 26.1 Å². The zero-order chi connectivity index (χ0) is 25.9. The van der Waals surface area contributed by atoms with Crippen LogP contribution >= 0.6 is 11.3 Å². The first-order chi connectivity index (χ1) is 17.4. The maximum absolute atomic E-state index is 12.7. The molecule has 0 radical (unpaired) electrons. The van der Waals surface area contributed by atoms with Gasteiger partial charge in [0.05, 0.1) is 18.7 Å². The fourth-order valence-corrected chi connectivity index (χ4v) is 5.87. The molecule has 9 heteroatoms. The summed E-state index contributed by atoms with van der Waals surface area (Å²) in [6.45, 7) is 5.27. The first-order valence-electron chi connectivity index (χ1n) is 12.5. The lowest BCUT2D eigenvalue weighted by molar-refractivity contribution is -0.116. The molecule has 4 N–H and O–H groups in total. The van der Waals surface area contributed by atoms with E-state index in [2.05, 4.69) is 47.2 Å². The topological polar surface area (TPSA) is 127 Å². The number of nitriles is 1. The molecule has 2 aliphatic rings. The predicted molar refractivity (Wildman–Crippen MR) is 143 cm³/mol. The van der Waals surface area contributed by atoms with Crippen LogP contribution in [0.4, 0.5) is 9.80 Å². The molecule has 2 atom stereocenters. The molecule has 2 aliphatic carbocycles. The highest BCUT2D eigenvalue weighted by molar-refractivity contribution is 7.16. The summed E-state index contributed by atoms with van der Waals surface area (Å²) >= 11 is 1.47. The Balaban J connectivity index is 1.52. The Morgan fingerprint density at radius 1 is 1.36 bits per heavy atom. The van der Waals surface area contributed by atoms with E-state index in [4.69, 9.17) is 10.1 Å². The van der Waals surface area contributed by atoms with Gasteiger partial charge in [0.1, 0.15) is 11.1 Å². The number of amides is 2. The SMILES string of the molecule is CCN/C(=C\C=N)CNC(=O)OCC1CCc2c(sc(NC(=O)CC(C)C3=CC=CCC3)c2C#N)C1. The summed E-state index contributed by atoms with van der Waals surface area (Å²) in [5, 5.41) is 26.4. The number of alkyl carbamates (subject to hydrolysis) is 1. The van der Waals surface area contributed by atoms with Crippen LogP contribution in [-0.4, -0.2) is 37.9 Å². The van der Waals surface area contributed by atoms with Crippen molar-refractivity contribution in [1.29, 1.82) is 10.7 Å². The lowest BCUT2D eigenvalue weighted by Gasteiger charge is -2.22. The summed E-state index contributed by atoms with van der Waals surface area (Å²) in [7, 11) is 0. The van der Waals surface area contributed by atoms with Crippen molar-refractivity contribution in [2.45, 2.75) is 52.4 Å². The highest BCUT2D eigenvalue weighted by atomic mass is 32.1. The molecule has 1 heterocycles. The Kier molecular flexibility index (Phi) is 10.3. The monoisotopic (exact) mass is 509 g/mol. The van der Waals surface area contributed by atoms with Gasteiger partial charge in [-0.3, -0.25) is 4.79 Å². The quantitative estimate of drug-likeness (QED) is 0.318. The summed E-state index contributed by atoms with van der Waals surface area (Å²) < 4.78 is 5.43. The number of fused-ring (bicyclic) bond motifs is 1. The Hall–Kier alpha value is -3.38. The first kappa shape index (κ1) is 27.2. The molecule has 2 unspecified atom stereocenters. The molecule has 1 aromatic rings. The number of carbonyl (C=O) groups is 2. The average Bonchev–Trinajstić information content (AvgIpc) is 3.22. The van der Waals surface area contributed by atoms with Crippen LogP contribution in [0.25, 0.3) is 0 Å². The maximum Gasteiger partial charge on any atom is 0.407 e. The van der Waals surface area contributed by atoms with E-state index in [0.29, 0.717) is 36.6 Å². The normalized spacial score (nSPS) is 17.8. The van der Waals surface area contributed by atoms with Crippen molar-refractivity contribution in [3.8, 4) is 6.07 Å². The third-order valence-corrected chi connectivity index (χ3v) is 7.63. The summed E-state index contributed by atoms with van der Waals surface area (Å²) in [6.07, 6.45) is 13.2. The van der Waals surface area contributed by atoms with Crippen molar-refractivity contribution in [3.05, 3.63) is 51.6 Å². The molecule has 0 bridgehead atoms. The van der Waals surface area contributed by atoms with Crippen LogP contribution in [-0.2, 0) is 22.4 Å². The van der Waals surface area contributed by atoms with E-state index < -0.39 is 6.09 Å². The molecule has 0 saturated carbocycles. The van der Waals surface area contributed by atoms with Gasteiger partial charge >= 0.3 is 6.09 Å². The van der Waals surface area contributed by atoms with Crippen LogP contribution in [0, 0.1) is 28.6 Å². The van der Waals surface area contributed by atoms with E-state index >= 15 is 0 Å². The van der Waals surface area contributed by atoms with E-state index in [1.165, 1.54) is 23.1 Å². The van der Waals surface area contributed by atoms with Crippen molar-refractivity contribution in [3.63, 3.8) is 0 Å². The van der Waals surface area contributed by atoms with Crippen LogP contribution in [0.5, 0.6) is 0 Å². The van der Waals surface area contributed by atoms with E-state index in [-0.39, 0.29) is 24.3 Å². The Morgan fingerprint density at radius 2 is 2.19 bits per heavy atom. The fraction of sp³-hybridized carbons (Fsp3) is 0.481. The third kappa shape index (κ3) is 7.56. The number of anilines is 1. The minimum absolute atomic E-state index is 0.0707. The maximum atomic E-state index is 12.7.